The van der Waals surface area contributed by atoms with E-state index in [0.717, 1.165) is 19.6 Å². The van der Waals surface area contributed by atoms with E-state index in [9.17, 15) is 4.79 Å². The summed E-state index contributed by atoms with van der Waals surface area (Å²) < 4.78 is 1.98. The first-order valence-electron chi connectivity index (χ1n) is 5.62. The fourth-order valence-electron chi connectivity index (χ4n) is 3.14. The van der Waals surface area contributed by atoms with Gasteiger partial charge in [0.15, 0.2) is 0 Å². The summed E-state index contributed by atoms with van der Waals surface area (Å²) in [4.78, 5) is 14.1. The lowest BCUT2D eigenvalue weighted by atomic mass is 9.83. The molecule has 3 heterocycles. The fraction of sp³-hybridized carbons (Fsp3) is 0.583. The molecule has 1 fully saturated rings. The van der Waals surface area contributed by atoms with E-state index in [0.29, 0.717) is 11.8 Å². The molecule has 1 saturated heterocycles. The normalized spacial score (nSPS) is 28.1. The highest BCUT2D eigenvalue weighted by molar-refractivity contribution is 5.85. The van der Waals surface area contributed by atoms with Crippen molar-refractivity contribution in [3.63, 3.8) is 0 Å². The molecule has 0 aromatic carbocycles. The van der Waals surface area contributed by atoms with E-state index < -0.39 is 0 Å². The van der Waals surface area contributed by atoms with Crippen molar-refractivity contribution in [2.45, 2.75) is 18.9 Å². The van der Waals surface area contributed by atoms with Gasteiger partial charge in [0, 0.05) is 37.3 Å². The summed E-state index contributed by atoms with van der Waals surface area (Å²) >= 11 is 0. The molecule has 16 heavy (non-hydrogen) atoms. The third-order valence-corrected chi connectivity index (χ3v) is 3.66. The molecule has 3 nitrogen and oxygen atoms in total. The highest BCUT2D eigenvalue weighted by atomic mass is 35.5. The summed E-state index contributed by atoms with van der Waals surface area (Å²) in [6, 6.07) is 5.68. The van der Waals surface area contributed by atoms with Gasteiger partial charge in [-0.15, -0.1) is 12.4 Å². The minimum atomic E-state index is 0. The molecular formula is C12H17ClN2O. The van der Waals surface area contributed by atoms with Gasteiger partial charge in [0.05, 0.1) is 0 Å². The van der Waals surface area contributed by atoms with Crippen LogP contribution in [-0.2, 0) is 6.54 Å². The number of piperidine rings is 1. The maximum Gasteiger partial charge on any atom is 0.250 e. The Morgan fingerprint density at radius 2 is 2.06 bits per heavy atom. The van der Waals surface area contributed by atoms with E-state index in [2.05, 4.69) is 18.0 Å². The first-order valence-corrected chi connectivity index (χ1v) is 5.62. The van der Waals surface area contributed by atoms with Gasteiger partial charge in [-0.05, 0) is 25.5 Å². The number of rotatable bonds is 0. The van der Waals surface area contributed by atoms with Gasteiger partial charge in [-0.25, -0.2) is 0 Å². The molecule has 0 amide bonds. The predicted octanol–water partition coefficient (Wildman–Crippen LogP) is 1.32. The minimum Gasteiger partial charge on any atom is -0.312 e. The zero-order valence-electron chi connectivity index (χ0n) is 9.43. The summed E-state index contributed by atoms with van der Waals surface area (Å²) in [6.45, 7) is 3.15. The molecule has 0 spiro atoms. The number of likely N-dealkylation sites (N-methyl/N-ethyl adjacent to an activating group) is 1. The zero-order chi connectivity index (χ0) is 10.4. The molecule has 3 rings (SSSR count). The van der Waals surface area contributed by atoms with Crippen LogP contribution in [0.5, 0.6) is 0 Å². The maximum absolute atomic E-state index is 11.7. The third kappa shape index (κ3) is 1.78. The number of pyridine rings is 1. The zero-order valence-corrected chi connectivity index (χ0v) is 10.2. The highest BCUT2D eigenvalue weighted by Crippen LogP contribution is 2.33. The highest BCUT2D eigenvalue weighted by Gasteiger charge is 2.32. The van der Waals surface area contributed by atoms with Crippen molar-refractivity contribution in [3.8, 4) is 0 Å². The summed E-state index contributed by atoms with van der Waals surface area (Å²) in [5.74, 6) is 1.23. The van der Waals surface area contributed by atoms with Crippen LogP contribution in [0, 0.1) is 5.92 Å². The van der Waals surface area contributed by atoms with Crippen LogP contribution in [-0.4, -0.2) is 29.6 Å². The lowest BCUT2D eigenvalue weighted by Gasteiger charge is -2.41. The second kappa shape index (κ2) is 4.22. The van der Waals surface area contributed by atoms with Gasteiger partial charge in [-0.2, -0.15) is 0 Å². The van der Waals surface area contributed by atoms with Gasteiger partial charge in [0.2, 0.25) is 0 Å². The topological polar surface area (TPSA) is 25.2 Å². The number of likely N-dealkylation sites (tertiary alicyclic amines) is 1. The predicted molar refractivity (Wildman–Crippen MR) is 66.3 cm³/mol. The number of aromatic nitrogens is 1. The molecule has 0 aliphatic carbocycles. The SMILES string of the molecule is CN1C[C@@H]2C[C@H](C1)c1cccc(=O)n1C2.Cl. The largest absolute Gasteiger partial charge is 0.312 e. The minimum absolute atomic E-state index is 0. The van der Waals surface area contributed by atoms with Crippen LogP contribution in [0.4, 0.5) is 0 Å². The number of hydrogen-bond donors (Lipinski definition) is 0. The lowest BCUT2D eigenvalue weighted by molar-refractivity contribution is 0.145. The number of fused-ring (bicyclic) bond motifs is 4. The van der Waals surface area contributed by atoms with Crippen LogP contribution >= 0.6 is 12.4 Å². The molecule has 4 heteroatoms. The summed E-state index contributed by atoms with van der Waals surface area (Å²) in [5, 5.41) is 0. The van der Waals surface area contributed by atoms with Gasteiger partial charge in [0.1, 0.15) is 0 Å². The van der Waals surface area contributed by atoms with Crippen LogP contribution < -0.4 is 5.56 Å². The fourth-order valence-corrected chi connectivity index (χ4v) is 3.14. The van der Waals surface area contributed by atoms with Gasteiger partial charge in [0.25, 0.3) is 5.56 Å². The van der Waals surface area contributed by atoms with Crippen LogP contribution in [0.2, 0.25) is 0 Å². The number of nitrogens with zero attached hydrogens (tertiary/aromatic N) is 2. The van der Waals surface area contributed by atoms with Crippen molar-refractivity contribution in [1.82, 2.24) is 9.47 Å². The molecular weight excluding hydrogens is 224 g/mol. The Morgan fingerprint density at radius 1 is 1.25 bits per heavy atom. The summed E-state index contributed by atoms with van der Waals surface area (Å²) in [7, 11) is 2.18. The Morgan fingerprint density at radius 3 is 2.88 bits per heavy atom. The molecule has 88 valence electrons. The van der Waals surface area contributed by atoms with E-state index in [1.807, 2.05) is 10.6 Å². The van der Waals surface area contributed by atoms with Crippen molar-refractivity contribution in [2.24, 2.45) is 5.92 Å². The van der Waals surface area contributed by atoms with Crippen molar-refractivity contribution in [3.05, 3.63) is 34.2 Å². The Balaban J connectivity index is 0.000000963. The smallest absolute Gasteiger partial charge is 0.250 e. The first kappa shape index (κ1) is 11.7. The second-order valence-corrected chi connectivity index (χ2v) is 4.92. The molecule has 2 bridgehead atoms. The Labute approximate surface area is 101 Å². The van der Waals surface area contributed by atoms with Gasteiger partial charge in [-0.1, -0.05) is 6.07 Å². The quantitative estimate of drug-likeness (QED) is 0.684. The Kier molecular flexibility index (Phi) is 3.08. The maximum atomic E-state index is 11.7. The average molecular weight is 241 g/mol. The molecule has 0 N–H and O–H groups in total. The van der Waals surface area contributed by atoms with Gasteiger partial charge < -0.3 is 9.47 Å². The molecule has 1 aromatic rings. The van der Waals surface area contributed by atoms with E-state index in [1.54, 1.807) is 6.07 Å². The van der Waals surface area contributed by atoms with Gasteiger partial charge >= 0.3 is 0 Å². The Hall–Kier alpha value is -0.800. The molecule has 2 atom stereocenters. The molecule has 0 radical (unpaired) electrons. The molecule has 2 aliphatic rings. The summed E-state index contributed by atoms with van der Waals surface area (Å²) in [5.41, 5.74) is 1.41. The molecule has 0 saturated carbocycles. The van der Waals surface area contributed by atoms with Crippen molar-refractivity contribution in [1.29, 1.82) is 0 Å². The van der Waals surface area contributed by atoms with Crippen molar-refractivity contribution < 1.29 is 0 Å². The van der Waals surface area contributed by atoms with Crippen molar-refractivity contribution >= 4 is 12.4 Å². The number of hydrogen-bond acceptors (Lipinski definition) is 2. The van der Waals surface area contributed by atoms with E-state index in [4.69, 9.17) is 0 Å². The monoisotopic (exact) mass is 240 g/mol. The van der Waals surface area contributed by atoms with E-state index in [-0.39, 0.29) is 18.0 Å². The van der Waals surface area contributed by atoms with Gasteiger partial charge in [-0.3, -0.25) is 4.79 Å². The first-order chi connectivity index (χ1) is 7.24. The van der Waals surface area contributed by atoms with Crippen LogP contribution in [0.1, 0.15) is 18.0 Å². The van der Waals surface area contributed by atoms with Crippen LogP contribution in [0.3, 0.4) is 0 Å². The third-order valence-electron chi connectivity index (χ3n) is 3.66. The molecule has 2 aliphatic heterocycles. The van der Waals surface area contributed by atoms with Crippen molar-refractivity contribution in [2.75, 3.05) is 20.1 Å². The lowest BCUT2D eigenvalue weighted by Crippen LogP contribution is -2.45. The van der Waals surface area contributed by atoms with Crippen LogP contribution in [0.25, 0.3) is 0 Å². The van der Waals surface area contributed by atoms with E-state index in [1.165, 1.54) is 12.1 Å². The standard InChI is InChI=1S/C12H16N2O.ClH/c1-13-6-9-5-10(8-13)11-3-2-4-12(15)14(11)7-9;/h2-4,9-10H,5-8H2,1H3;1H/t9-,10+;/m0./s1. The van der Waals surface area contributed by atoms with E-state index >= 15 is 0 Å². The summed E-state index contributed by atoms with van der Waals surface area (Å²) in [6.07, 6.45) is 1.26. The van der Waals surface area contributed by atoms with Crippen LogP contribution in [0.15, 0.2) is 23.0 Å². The second-order valence-electron chi connectivity index (χ2n) is 4.92. The molecule has 1 aromatic heterocycles. The number of halogens is 1. The average Bonchev–Trinajstić information content (AvgIpc) is 2.19. The molecule has 0 unspecified atom stereocenters. The Bertz CT molecular complexity index is 443.